The number of hydrogen-bond donors (Lipinski definition) is 1. The summed E-state index contributed by atoms with van der Waals surface area (Å²) < 4.78 is 26.3. The number of nitrogens with two attached hydrogens (primary N) is 1. The standard InChI is InChI=1S/C14H18N2O3S/c15-9-10-5-1-3-7-12(10)16-14(17)11-6-2-4-8-13(11)20(16,18)19/h2,4,6,8,10,12H,1,3,5,7,9,15H2. The van der Waals surface area contributed by atoms with Crippen molar-refractivity contribution in [3.8, 4) is 0 Å². The zero-order valence-corrected chi connectivity index (χ0v) is 12.0. The monoisotopic (exact) mass is 294 g/mol. The average molecular weight is 294 g/mol. The first-order chi connectivity index (χ1) is 9.57. The number of carbonyl (C=O) groups is 1. The summed E-state index contributed by atoms with van der Waals surface area (Å²) in [5.41, 5.74) is 6.05. The minimum absolute atomic E-state index is 0.0665. The average Bonchev–Trinajstić information content (AvgIpc) is 2.67. The van der Waals surface area contributed by atoms with Crippen LogP contribution in [0.1, 0.15) is 36.0 Å². The van der Waals surface area contributed by atoms with E-state index >= 15 is 0 Å². The summed E-state index contributed by atoms with van der Waals surface area (Å²) in [5, 5.41) is 0. The van der Waals surface area contributed by atoms with Crippen LogP contribution in [0.25, 0.3) is 0 Å². The number of rotatable bonds is 2. The normalized spacial score (nSPS) is 28.4. The van der Waals surface area contributed by atoms with Gasteiger partial charge in [0.25, 0.3) is 15.9 Å². The number of benzene rings is 1. The third-order valence-electron chi connectivity index (χ3n) is 4.33. The number of carbonyl (C=O) groups excluding carboxylic acids is 1. The van der Waals surface area contributed by atoms with Gasteiger partial charge in [-0.1, -0.05) is 25.0 Å². The van der Waals surface area contributed by atoms with Crippen molar-refractivity contribution >= 4 is 15.9 Å². The maximum atomic E-state index is 12.6. The fourth-order valence-electron chi connectivity index (χ4n) is 3.30. The summed E-state index contributed by atoms with van der Waals surface area (Å²) in [6.45, 7) is 0.417. The van der Waals surface area contributed by atoms with Crippen molar-refractivity contribution in [3.05, 3.63) is 29.8 Å². The maximum absolute atomic E-state index is 12.6. The lowest BCUT2D eigenvalue weighted by Crippen LogP contribution is -2.47. The molecule has 20 heavy (non-hydrogen) atoms. The Kier molecular flexibility index (Phi) is 3.30. The van der Waals surface area contributed by atoms with Crippen molar-refractivity contribution in [3.63, 3.8) is 0 Å². The molecular formula is C14H18N2O3S. The summed E-state index contributed by atoms with van der Waals surface area (Å²) >= 11 is 0. The molecule has 1 amide bonds. The lowest BCUT2D eigenvalue weighted by molar-refractivity contribution is 0.0762. The first kappa shape index (κ1) is 13.6. The van der Waals surface area contributed by atoms with Gasteiger partial charge < -0.3 is 5.73 Å². The molecule has 1 heterocycles. The molecule has 0 bridgehead atoms. The van der Waals surface area contributed by atoms with Crippen molar-refractivity contribution in [1.82, 2.24) is 4.31 Å². The fourth-order valence-corrected chi connectivity index (χ4v) is 5.15. The molecule has 0 radical (unpaired) electrons. The second kappa shape index (κ2) is 4.86. The molecule has 3 rings (SSSR count). The summed E-state index contributed by atoms with van der Waals surface area (Å²) in [5.74, 6) is -0.331. The van der Waals surface area contributed by atoms with E-state index in [4.69, 9.17) is 5.73 Å². The van der Waals surface area contributed by atoms with Gasteiger partial charge in [0.2, 0.25) is 0 Å². The van der Waals surface area contributed by atoms with E-state index in [-0.39, 0.29) is 22.4 Å². The van der Waals surface area contributed by atoms with E-state index in [2.05, 4.69) is 0 Å². The number of fused-ring (bicyclic) bond motifs is 1. The van der Waals surface area contributed by atoms with Gasteiger partial charge in [0.05, 0.1) is 11.6 Å². The smallest absolute Gasteiger partial charge is 0.269 e. The van der Waals surface area contributed by atoms with Gasteiger partial charge >= 0.3 is 0 Å². The van der Waals surface area contributed by atoms with Gasteiger partial charge in [0.15, 0.2) is 0 Å². The molecule has 108 valence electrons. The lowest BCUT2D eigenvalue weighted by atomic mass is 9.84. The molecule has 0 spiro atoms. The summed E-state index contributed by atoms with van der Waals surface area (Å²) in [4.78, 5) is 12.6. The summed E-state index contributed by atoms with van der Waals surface area (Å²) in [6, 6.07) is 6.13. The Morgan fingerprint density at radius 3 is 2.60 bits per heavy atom. The number of nitrogens with zero attached hydrogens (tertiary/aromatic N) is 1. The molecule has 1 aliphatic heterocycles. The molecule has 1 aromatic carbocycles. The first-order valence-corrected chi connectivity index (χ1v) is 8.39. The van der Waals surface area contributed by atoms with Crippen LogP contribution in [0.3, 0.4) is 0 Å². The molecule has 1 fully saturated rings. The second-order valence-electron chi connectivity index (χ2n) is 5.45. The van der Waals surface area contributed by atoms with Crippen LogP contribution in [-0.2, 0) is 10.0 Å². The highest BCUT2D eigenvalue weighted by Crippen LogP contribution is 2.37. The summed E-state index contributed by atoms with van der Waals surface area (Å²) in [6.07, 6.45) is 3.59. The highest BCUT2D eigenvalue weighted by atomic mass is 32.2. The van der Waals surface area contributed by atoms with Crippen molar-refractivity contribution in [2.45, 2.75) is 36.6 Å². The predicted molar refractivity (Wildman–Crippen MR) is 74.6 cm³/mol. The highest BCUT2D eigenvalue weighted by Gasteiger charge is 2.47. The molecule has 0 saturated heterocycles. The molecule has 6 heteroatoms. The lowest BCUT2D eigenvalue weighted by Gasteiger charge is -2.36. The van der Waals surface area contributed by atoms with Gasteiger partial charge in [0, 0.05) is 0 Å². The zero-order chi connectivity index (χ0) is 14.3. The van der Waals surface area contributed by atoms with E-state index in [1.165, 1.54) is 6.07 Å². The van der Waals surface area contributed by atoms with Gasteiger partial charge in [-0.15, -0.1) is 0 Å². The van der Waals surface area contributed by atoms with E-state index in [0.717, 1.165) is 23.6 Å². The molecule has 2 aliphatic rings. The SMILES string of the molecule is NCC1CCCCC1N1C(=O)c2ccccc2S1(=O)=O. The molecule has 1 aromatic rings. The van der Waals surface area contributed by atoms with Gasteiger partial charge in [-0.3, -0.25) is 4.79 Å². The molecule has 0 aromatic heterocycles. The van der Waals surface area contributed by atoms with Gasteiger partial charge in [0.1, 0.15) is 4.90 Å². The minimum atomic E-state index is -3.71. The Morgan fingerprint density at radius 2 is 1.90 bits per heavy atom. The summed E-state index contributed by atoms with van der Waals surface area (Å²) in [7, 11) is -3.71. The number of amides is 1. The van der Waals surface area contributed by atoms with Crippen LogP contribution in [0.2, 0.25) is 0 Å². The first-order valence-electron chi connectivity index (χ1n) is 6.95. The Balaban J connectivity index is 2.05. The Bertz CT molecular complexity index is 642. The number of sulfonamides is 1. The predicted octanol–water partition coefficient (Wildman–Crippen LogP) is 1.35. The van der Waals surface area contributed by atoms with Crippen LogP contribution in [0.4, 0.5) is 0 Å². The quantitative estimate of drug-likeness (QED) is 0.892. The van der Waals surface area contributed by atoms with E-state index in [1.54, 1.807) is 18.2 Å². The Labute approximate surface area is 118 Å². The third-order valence-corrected chi connectivity index (χ3v) is 6.19. The molecule has 5 nitrogen and oxygen atoms in total. The zero-order valence-electron chi connectivity index (χ0n) is 11.2. The Morgan fingerprint density at radius 1 is 1.20 bits per heavy atom. The van der Waals surface area contributed by atoms with Crippen molar-refractivity contribution < 1.29 is 13.2 Å². The molecule has 2 atom stereocenters. The topological polar surface area (TPSA) is 80.5 Å². The van der Waals surface area contributed by atoms with Crippen molar-refractivity contribution in [2.24, 2.45) is 11.7 Å². The third kappa shape index (κ3) is 1.86. The van der Waals surface area contributed by atoms with Crippen LogP contribution >= 0.6 is 0 Å². The van der Waals surface area contributed by atoms with Crippen LogP contribution in [0.5, 0.6) is 0 Å². The van der Waals surface area contributed by atoms with Crippen molar-refractivity contribution in [1.29, 1.82) is 0 Å². The Hall–Kier alpha value is -1.40. The highest BCUT2D eigenvalue weighted by molar-refractivity contribution is 7.90. The van der Waals surface area contributed by atoms with Crippen LogP contribution in [0, 0.1) is 5.92 Å². The molecule has 1 aliphatic carbocycles. The fraction of sp³-hybridized carbons (Fsp3) is 0.500. The molecule has 2 unspecified atom stereocenters. The van der Waals surface area contributed by atoms with Crippen LogP contribution < -0.4 is 5.73 Å². The van der Waals surface area contributed by atoms with Crippen LogP contribution in [0.15, 0.2) is 29.2 Å². The van der Waals surface area contributed by atoms with Gasteiger partial charge in [-0.25, -0.2) is 12.7 Å². The molecule has 2 N–H and O–H groups in total. The van der Waals surface area contributed by atoms with E-state index in [9.17, 15) is 13.2 Å². The van der Waals surface area contributed by atoms with E-state index in [0.29, 0.717) is 13.0 Å². The second-order valence-corrected chi connectivity index (χ2v) is 7.23. The minimum Gasteiger partial charge on any atom is -0.330 e. The van der Waals surface area contributed by atoms with Gasteiger partial charge in [-0.2, -0.15) is 0 Å². The van der Waals surface area contributed by atoms with Gasteiger partial charge in [-0.05, 0) is 37.4 Å². The van der Waals surface area contributed by atoms with E-state index < -0.39 is 15.9 Å². The van der Waals surface area contributed by atoms with E-state index in [1.807, 2.05) is 0 Å². The maximum Gasteiger partial charge on any atom is 0.269 e. The molecule has 1 saturated carbocycles. The van der Waals surface area contributed by atoms with Crippen LogP contribution in [-0.4, -0.2) is 31.2 Å². The number of hydrogen-bond acceptors (Lipinski definition) is 4. The molecular weight excluding hydrogens is 276 g/mol. The van der Waals surface area contributed by atoms with Crippen molar-refractivity contribution in [2.75, 3.05) is 6.54 Å². The largest absolute Gasteiger partial charge is 0.330 e.